The fourth-order valence-electron chi connectivity index (χ4n) is 2.29. The third-order valence-electron chi connectivity index (χ3n) is 3.40. The molecule has 5 nitrogen and oxygen atoms in total. The van der Waals surface area contributed by atoms with Crippen LogP contribution in [0.5, 0.6) is 0 Å². The second kappa shape index (κ2) is 6.84. The maximum Gasteiger partial charge on any atom is 0.335 e. The van der Waals surface area contributed by atoms with Crippen LogP contribution in [0.3, 0.4) is 0 Å². The van der Waals surface area contributed by atoms with Crippen LogP contribution in [0.25, 0.3) is 16.2 Å². The Morgan fingerprint density at radius 3 is 2.92 bits per heavy atom. The second-order valence-electron chi connectivity index (χ2n) is 4.99. The number of methoxy groups -OCH3 is 1. The molecule has 0 bridgehead atoms. The highest BCUT2D eigenvalue weighted by Crippen LogP contribution is 2.31. The largest absolute Gasteiger partial charge is 0.504 e. The minimum atomic E-state index is -1.02. The second-order valence-corrected chi connectivity index (χ2v) is 6.67. The quantitative estimate of drug-likeness (QED) is 0.520. The van der Waals surface area contributed by atoms with Crippen molar-refractivity contribution < 1.29 is 14.6 Å². The van der Waals surface area contributed by atoms with E-state index in [0.29, 0.717) is 15.7 Å². The van der Waals surface area contributed by atoms with Crippen LogP contribution < -0.4 is 0 Å². The number of thiazole rings is 1. The maximum absolute atomic E-state index is 11.3. The standard InChI is InChI=1S/C16H12Cl2N2O3S/c1-23-7-9(15(21)22)4-11-8-24-16-19-14(6-20(11)16)12-3-2-10(17)5-13(12)18/h2-3,5-8H,4H2,1H3,(H,21,22)/b9-7-. The lowest BCUT2D eigenvalue weighted by Crippen LogP contribution is -2.05. The van der Waals surface area contributed by atoms with Gasteiger partial charge >= 0.3 is 5.97 Å². The van der Waals surface area contributed by atoms with Gasteiger partial charge in [-0.1, -0.05) is 23.2 Å². The fourth-order valence-corrected chi connectivity index (χ4v) is 3.67. The molecule has 24 heavy (non-hydrogen) atoms. The Kier molecular flexibility index (Phi) is 4.80. The van der Waals surface area contributed by atoms with Gasteiger partial charge in [-0.25, -0.2) is 9.78 Å². The zero-order valence-electron chi connectivity index (χ0n) is 12.5. The molecule has 0 aliphatic carbocycles. The molecule has 124 valence electrons. The van der Waals surface area contributed by atoms with Crippen molar-refractivity contribution in [2.75, 3.05) is 7.11 Å². The van der Waals surface area contributed by atoms with Gasteiger partial charge in [0.2, 0.25) is 0 Å². The lowest BCUT2D eigenvalue weighted by Gasteiger charge is -2.02. The molecule has 3 rings (SSSR count). The average molecular weight is 383 g/mol. The van der Waals surface area contributed by atoms with Crippen LogP contribution in [0.1, 0.15) is 5.69 Å². The van der Waals surface area contributed by atoms with Crippen molar-refractivity contribution in [3.63, 3.8) is 0 Å². The van der Waals surface area contributed by atoms with Crippen molar-refractivity contribution in [1.82, 2.24) is 9.38 Å². The maximum atomic E-state index is 11.3. The summed E-state index contributed by atoms with van der Waals surface area (Å²) in [5, 5.41) is 12.2. The van der Waals surface area contributed by atoms with Crippen molar-refractivity contribution in [2.24, 2.45) is 0 Å². The molecular formula is C16H12Cl2N2O3S. The van der Waals surface area contributed by atoms with Crippen LogP contribution in [0.15, 0.2) is 41.6 Å². The molecule has 2 heterocycles. The highest BCUT2D eigenvalue weighted by Gasteiger charge is 2.15. The van der Waals surface area contributed by atoms with E-state index >= 15 is 0 Å². The van der Waals surface area contributed by atoms with Crippen molar-refractivity contribution >= 4 is 45.5 Å². The summed E-state index contributed by atoms with van der Waals surface area (Å²) in [7, 11) is 1.42. The van der Waals surface area contributed by atoms with E-state index in [1.165, 1.54) is 24.7 Å². The number of nitrogens with zero attached hydrogens (tertiary/aromatic N) is 2. The zero-order chi connectivity index (χ0) is 17.3. The van der Waals surface area contributed by atoms with Crippen molar-refractivity contribution in [3.05, 3.63) is 57.4 Å². The van der Waals surface area contributed by atoms with Crippen LogP contribution in [0.2, 0.25) is 10.0 Å². The summed E-state index contributed by atoms with van der Waals surface area (Å²) < 4.78 is 6.69. The van der Waals surface area contributed by atoms with Crippen LogP contribution in [-0.2, 0) is 16.0 Å². The van der Waals surface area contributed by atoms with Gasteiger partial charge in [0.25, 0.3) is 0 Å². The highest BCUT2D eigenvalue weighted by molar-refractivity contribution is 7.15. The van der Waals surface area contributed by atoms with Gasteiger partial charge in [0.15, 0.2) is 4.96 Å². The molecule has 0 spiro atoms. The summed E-state index contributed by atoms with van der Waals surface area (Å²) in [6.07, 6.45) is 3.30. The Hall–Kier alpha value is -2.02. The van der Waals surface area contributed by atoms with E-state index in [4.69, 9.17) is 27.9 Å². The monoisotopic (exact) mass is 382 g/mol. The molecule has 8 heteroatoms. The third kappa shape index (κ3) is 3.26. The molecule has 0 radical (unpaired) electrons. The number of hydrogen-bond acceptors (Lipinski definition) is 4. The van der Waals surface area contributed by atoms with Gasteiger partial charge in [-0.2, -0.15) is 0 Å². The predicted molar refractivity (Wildman–Crippen MR) is 95.0 cm³/mol. The van der Waals surface area contributed by atoms with Crippen molar-refractivity contribution in [3.8, 4) is 11.3 Å². The van der Waals surface area contributed by atoms with Crippen molar-refractivity contribution in [2.45, 2.75) is 6.42 Å². The highest BCUT2D eigenvalue weighted by atomic mass is 35.5. The Balaban J connectivity index is 2.00. The molecule has 3 aromatic rings. The molecule has 0 amide bonds. The predicted octanol–water partition coefficient (Wildman–Crippen LogP) is 4.53. The Bertz CT molecular complexity index is 946. The molecule has 1 aromatic carbocycles. The topological polar surface area (TPSA) is 63.8 Å². The summed E-state index contributed by atoms with van der Waals surface area (Å²) in [5.41, 5.74) is 2.45. The van der Waals surface area contributed by atoms with Crippen LogP contribution in [0.4, 0.5) is 0 Å². The normalized spacial score (nSPS) is 11.9. The molecular weight excluding hydrogens is 371 g/mol. The third-order valence-corrected chi connectivity index (χ3v) is 4.83. The van der Waals surface area contributed by atoms with Gasteiger partial charge < -0.3 is 9.84 Å². The minimum Gasteiger partial charge on any atom is -0.504 e. The van der Waals surface area contributed by atoms with Crippen LogP contribution >= 0.6 is 34.5 Å². The average Bonchev–Trinajstić information content (AvgIpc) is 3.08. The number of rotatable bonds is 5. The molecule has 0 fully saturated rings. The Labute approximate surface area is 151 Å². The number of fused-ring (bicyclic) bond motifs is 1. The first-order valence-corrected chi connectivity index (χ1v) is 8.49. The number of carboxylic acid groups (broad SMARTS) is 1. The minimum absolute atomic E-state index is 0.164. The summed E-state index contributed by atoms with van der Waals surface area (Å²) >= 11 is 13.6. The number of imidazole rings is 1. The van der Waals surface area contributed by atoms with Gasteiger partial charge in [-0.05, 0) is 18.2 Å². The van der Waals surface area contributed by atoms with Gasteiger partial charge in [0.1, 0.15) is 0 Å². The molecule has 0 saturated carbocycles. The SMILES string of the molecule is CO/C=C(/Cc1csc2nc(-c3ccc(Cl)cc3Cl)cn12)C(=O)O. The summed E-state index contributed by atoms with van der Waals surface area (Å²) in [5.74, 6) is -1.02. The molecule has 0 unspecified atom stereocenters. The van der Waals surface area contributed by atoms with E-state index in [1.54, 1.807) is 12.1 Å². The smallest absolute Gasteiger partial charge is 0.335 e. The number of benzene rings is 1. The van der Waals surface area contributed by atoms with E-state index in [1.807, 2.05) is 22.0 Å². The first kappa shape index (κ1) is 16.8. The molecule has 1 N–H and O–H groups in total. The summed E-state index contributed by atoms with van der Waals surface area (Å²) in [6.45, 7) is 0. The van der Waals surface area contributed by atoms with Gasteiger partial charge in [-0.15, -0.1) is 11.3 Å². The van der Waals surface area contributed by atoms with Crippen LogP contribution in [-0.4, -0.2) is 27.6 Å². The van der Waals surface area contributed by atoms with E-state index in [9.17, 15) is 9.90 Å². The van der Waals surface area contributed by atoms with Gasteiger partial charge in [0, 0.05) is 34.3 Å². The number of halogens is 2. The first-order chi connectivity index (χ1) is 11.5. The van der Waals surface area contributed by atoms with Gasteiger partial charge in [0.05, 0.1) is 29.7 Å². The fraction of sp³-hybridized carbons (Fsp3) is 0.125. The van der Waals surface area contributed by atoms with E-state index in [-0.39, 0.29) is 12.0 Å². The number of aromatic nitrogens is 2. The molecule has 0 aliphatic rings. The molecule has 0 aliphatic heterocycles. The molecule has 2 aromatic heterocycles. The number of carbonyl (C=O) groups is 1. The number of hydrogen-bond donors (Lipinski definition) is 1. The number of aliphatic carboxylic acids is 1. The van der Waals surface area contributed by atoms with E-state index in [0.717, 1.165) is 16.2 Å². The summed E-state index contributed by atoms with van der Waals surface area (Å²) in [4.78, 5) is 16.6. The van der Waals surface area contributed by atoms with Crippen LogP contribution in [0, 0.1) is 0 Å². The Morgan fingerprint density at radius 2 is 2.25 bits per heavy atom. The van der Waals surface area contributed by atoms with Crippen molar-refractivity contribution in [1.29, 1.82) is 0 Å². The molecule has 0 saturated heterocycles. The lowest BCUT2D eigenvalue weighted by atomic mass is 10.1. The van der Waals surface area contributed by atoms with E-state index < -0.39 is 5.97 Å². The molecule has 0 atom stereocenters. The van der Waals surface area contributed by atoms with Gasteiger partial charge in [-0.3, -0.25) is 4.40 Å². The number of ether oxygens (including phenoxy) is 1. The first-order valence-electron chi connectivity index (χ1n) is 6.85. The zero-order valence-corrected chi connectivity index (χ0v) is 14.8. The lowest BCUT2D eigenvalue weighted by molar-refractivity contribution is -0.132. The summed E-state index contributed by atoms with van der Waals surface area (Å²) in [6, 6.07) is 5.22. The Morgan fingerprint density at radius 1 is 1.46 bits per heavy atom. The van der Waals surface area contributed by atoms with E-state index in [2.05, 4.69) is 4.98 Å². The number of carboxylic acids is 1.